The molecule has 0 radical (unpaired) electrons. The molecule has 2 aromatic heterocycles. The van der Waals surface area contributed by atoms with Crippen LogP contribution in [-0.2, 0) is 0 Å². The lowest BCUT2D eigenvalue weighted by atomic mass is 10.2. The normalized spacial score (nSPS) is 17.7. The molecule has 1 aliphatic heterocycles. The molecule has 0 atom stereocenters. The maximum Gasteiger partial charge on any atom is 0.277 e. The van der Waals surface area contributed by atoms with Gasteiger partial charge >= 0.3 is 0 Å². The van der Waals surface area contributed by atoms with E-state index in [1.165, 1.54) is 12.8 Å². The highest BCUT2D eigenvalue weighted by Gasteiger charge is 2.28. The highest BCUT2D eigenvalue weighted by atomic mass is 16.5. The molecule has 6 nitrogen and oxygen atoms in total. The summed E-state index contributed by atoms with van der Waals surface area (Å²) >= 11 is 0. The average molecular weight is 298 g/mol. The highest BCUT2D eigenvalue weighted by Crippen LogP contribution is 2.40. The second-order valence-corrected chi connectivity index (χ2v) is 5.94. The van der Waals surface area contributed by atoms with Gasteiger partial charge in [-0.15, -0.1) is 0 Å². The number of nitrogens with one attached hydrogen (secondary N) is 1. The lowest BCUT2D eigenvalue weighted by molar-refractivity contribution is 0.101. The Kier molecular flexibility index (Phi) is 3.29. The Morgan fingerprint density at radius 3 is 2.77 bits per heavy atom. The van der Waals surface area contributed by atoms with Crippen molar-refractivity contribution >= 4 is 17.4 Å². The molecule has 6 heteroatoms. The van der Waals surface area contributed by atoms with Crippen molar-refractivity contribution in [3.05, 3.63) is 35.9 Å². The lowest BCUT2D eigenvalue weighted by Gasteiger charge is -2.16. The quantitative estimate of drug-likeness (QED) is 0.939. The third kappa shape index (κ3) is 2.68. The Bertz CT molecular complexity index is 670. The van der Waals surface area contributed by atoms with Crippen molar-refractivity contribution in [2.45, 2.75) is 31.6 Å². The monoisotopic (exact) mass is 298 g/mol. The zero-order valence-electron chi connectivity index (χ0n) is 12.3. The van der Waals surface area contributed by atoms with Gasteiger partial charge in [0.25, 0.3) is 5.91 Å². The minimum atomic E-state index is -0.258. The van der Waals surface area contributed by atoms with E-state index in [9.17, 15) is 4.79 Å². The summed E-state index contributed by atoms with van der Waals surface area (Å²) in [6.07, 6.45) is 6.37. The van der Waals surface area contributed by atoms with E-state index < -0.39 is 0 Å². The van der Waals surface area contributed by atoms with E-state index in [4.69, 9.17) is 4.52 Å². The minimum absolute atomic E-state index is 0.258. The standard InChI is InChI=1S/C16H18N4O2/c21-16(13-9-14(22-19-13)11-3-4-11)18-12-5-6-15(17-10-12)20-7-1-2-8-20/h5-6,9-11H,1-4,7-8H2,(H,18,21). The SMILES string of the molecule is O=C(Nc1ccc(N2CCCC2)nc1)c1cc(C2CC2)on1. The van der Waals surface area contributed by atoms with Crippen LogP contribution in [0.15, 0.2) is 28.9 Å². The average Bonchev–Trinajstić information content (AvgIpc) is 3.05. The third-order valence-corrected chi connectivity index (χ3v) is 4.18. The first kappa shape index (κ1) is 13.3. The molecule has 2 fully saturated rings. The van der Waals surface area contributed by atoms with Gasteiger partial charge < -0.3 is 14.7 Å². The third-order valence-electron chi connectivity index (χ3n) is 4.18. The van der Waals surface area contributed by atoms with Crippen LogP contribution >= 0.6 is 0 Å². The smallest absolute Gasteiger partial charge is 0.277 e. The van der Waals surface area contributed by atoms with E-state index in [0.29, 0.717) is 17.3 Å². The van der Waals surface area contributed by atoms with Gasteiger partial charge in [0, 0.05) is 25.1 Å². The number of hydrogen-bond acceptors (Lipinski definition) is 5. The number of aromatic nitrogens is 2. The molecule has 1 N–H and O–H groups in total. The minimum Gasteiger partial charge on any atom is -0.360 e. The maximum atomic E-state index is 12.1. The van der Waals surface area contributed by atoms with Crippen LogP contribution in [0.25, 0.3) is 0 Å². The van der Waals surface area contributed by atoms with Crippen LogP contribution in [0.5, 0.6) is 0 Å². The molecular formula is C16H18N4O2. The molecule has 0 unspecified atom stereocenters. The molecule has 0 spiro atoms. The number of nitrogens with zero attached hydrogens (tertiary/aromatic N) is 3. The number of anilines is 2. The summed E-state index contributed by atoms with van der Waals surface area (Å²) in [7, 11) is 0. The first-order valence-electron chi connectivity index (χ1n) is 7.78. The number of carbonyl (C=O) groups is 1. The van der Waals surface area contributed by atoms with Crippen molar-refractivity contribution in [3.63, 3.8) is 0 Å². The van der Waals surface area contributed by atoms with Gasteiger partial charge in [0.05, 0.1) is 11.9 Å². The molecule has 4 rings (SSSR count). The zero-order chi connectivity index (χ0) is 14.9. The van der Waals surface area contributed by atoms with Crippen LogP contribution in [0.4, 0.5) is 11.5 Å². The van der Waals surface area contributed by atoms with Gasteiger partial charge in [-0.3, -0.25) is 4.79 Å². The van der Waals surface area contributed by atoms with Gasteiger partial charge in [-0.25, -0.2) is 4.98 Å². The fourth-order valence-electron chi connectivity index (χ4n) is 2.74. The molecule has 3 heterocycles. The topological polar surface area (TPSA) is 71.3 Å². The van der Waals surface area contributed by atoms with Gasteiger partial charge in [-0.1, -0.05) is 5.16 Å². The number of amides is 1. The number of pyridine rings is 1. The Morgan fingerprint density at radius 2 is 2.09 bits per heavy atom. The number of hydrogen-bond donors (Lipinski definition) is 1. The summed E-state index contributed by atoms with van der Waals surface area (Å²) in [5, 5.41) is 6.64. The van der Waals surface area contributed by atoms with Crippen molar-refractivity contribution in [2.75, 3.05) is 23.3 Å². The number of carbonyl (C=O) groups excluding carboxylic acids is 1. The van der Waals surface area contributed by atoms with Crippen molar-refractivity contribution in [1.29, 1.82) is 0 Å². The van der Waals surface area contributed by atoms with Crippen molar-refractivity contribution < 1.29 is 9.32 Å². The maximum absolute atomic E-state index is 12.1. The fourth-order valence-corrected chi connectivity index (χ4v) is 2.74. The predicted octanol–water partition coefficient (Wildman–Crippen LogP) is 2.80. The summed E-state index contributed by atoms with van der Waals surface area (Å²) in [6, 6.07) is 5.55. The second kappa shape index (κ2) is 5.44. The molecule has 1 saturated heterocycles. The van der Waals surface area contributed by atoms with Gasteiger partial charge in [-0.05, 0) is 37.8 Å². The fraction of sp³-hybridized carbons (Fsp3) is 0.438. The largest absolute Gasteiger partial charge is 0.360 e. The molecule has 0 bridgehead atoms. The van der Waals surface area contributed by atoms with Crippen LogP contribution in [0.1, 0.15) is 47.8 Å². The molecule has 1 saturated carbocycles. The van der Waals surface area contributed by atoms with E-state index in [-0.39, 0.29) is 5.91 Å². The summed E-state index contributed by atoms with van der Waals surface area (Å²) in [4.78, 5) is 18.8. The first-order chi connectivity index (χ1) is 10.8. The van der Waals surface area contributed by atoms with Crippen LogP contribution in [-0.4, -0.2) is 29.1 Å². The van der Waals surface area contributed by atoms with E-state index in [0.717, 1.165) is 37.5 Å². The van der Waals surface area contributed by atoms with Crippen molar-refractivity contribution in [1.82, 2.24) is 10.1 Å². The van der Waals surface area contributed by atoms with E-state index in [1.54, 1.807) is 12.3 Å². The summed E-state index contributed by atoms with van der Waals surface area (Å²) in [5.74, 6) is 1.97. The van der Waals surface area contributed by atoms with Gasteiger partial charge in [0.1, 0.15) is 11.6 Å². The molecule has 2 aliphatic rings. The Morgan fingerprint density at radius 1 is 1.27 bits per heavy atom. The van der Waals surface area contributed by atoms with Crippen molar-refractivity contribution in [3.8, 4) is 0 Å². The summed E-state index contributed by atoms with van der Waals surface area (Å²) in [5.41, 5.74) is 0.995. The van der Waals surface area contributed by atoms with E-state index in [2.05, 4.69) is 20.4 Å². The second-order valence-electron chi connectivity index (χ2n) is 5.94. The predicted molar refractivity (Wildman–Crippen MR) is 82.1 cm³/mol. The molecule has 2 aromatic rings. The lowest BCUT2D eigenvalue weighted by Crippen LogP contribution is -2.19. The van der Waals surface area contributed by atoms with Gasteiger partial charge in [0.2, 0.25) is 0 Å². The molecule has 22 heavy (non-hydrogen) atoms. The Labute approximate surface area is 128 Å². The molecule has 114 valence electrons. The van der Waals surface area contributed by atoms with Gasteiger partial charge in [0.15, 0.2) is 5.69 Å². The summed E-state index contributed by atoms with van der Waals surface area (Å²) < 4.78 is 5.20. The van der Waals surface area contributed by atoms with Crippen LogP contribution in [0.2, 0.25) is 0 Å². The summed E-state index contributed by atoms with van der Waals surface area (Å²) in [6.45, 7) is 2.11. The zero-order valence-corrected chi connectivity index (χ0v) is 12.3. The van der Waals surface area contributed by atoms with Crippen LogP contribution in [0, 0.1) is 0 Å². The van der Waals surface area contributed by atoms with Crippen molar-refractivity contribution in [2.24, 2.45) is 0 Å². The highest BCUT2D eigenvalue weighted by molar-refractivity contribution is 6.02. The van der Waals surface area contributed by atoms with Gasteiger partial charge in [-0.2, -0.15) is 0 Å². The molecular weight excluding hydrogens is 280 g/mol. The Balaban J connectivity index is 1.42. The van der Waals surface area contributed by atoms with E-state index in [1.807, 2.05) is 12.1 Å². The van der Waals surface area contributed by atoms with Crippen LogP contribution in [0.3, 0.4) is 0 Å². The van der Waals surface area contributed by atoms with Crippen LogP contribution < -0.4 is 10.2 Å². The molecule has 1 amide bonds. The number of rotatable bonds is 4. The molecule has 0 aromatic carbocycles. The first-order valence-corrected chi connectivity index (χ1v) is 7.78. The van der Waals surface area contributed by atoms with E-state index >= 15 is 0 Å². The Hall–Kier alpha value is -2.37. The molecule has 1 aliphatic carbocycles.